The lowest BCUT2D eigenvalue weighted by atomic mass is 9.77. The molecule has 0 saturated carbocycles. The van der Waals surface area contributed by atoms with E-state index in [-0.39, 0.29) is 18.0 Å². The van der Waals surface area contributed by atoms with Gasteiger partial charge in [0.15, 0.2) is 11.6 Å². The number of ketones is 2. The van der Waals surface area contributed by atoms with E-state index in [0.717, 1.165) is 21.5 Å². The summed E-state index contributed by atoms with van der Waals surface area (Å²) in [4.78, 5) is 24.9. The first-order valence-corrected chi connectivity index (χ1v) is 8.97. The fourth-order valence-electron chi connectivity index (χ4n) is 3.42. The highest BCUT2D eigenvalue weighted by atomic mass is 16.4. The van der Waals surface area contributed by atoms with Gasteiger partial charge >= 0.3 is 7.12 Å². The van der Waals surface area contributed by atoms with Gasteiger partial charge in [-0.2, -0.15) is 0 Å². The minimum atomic E-state index is -1.57. The second kappa shape index (κ2) is 7.39. The van der Waals surface area contributed by atoms with E-state index in [0.29, 0.717) is 16.6 Å². The van der Waals surface area contributed by atoms with E-state index in [4.69, 9.17) is 0 Å². The average Bonchev–Trinajstić information content (AvgIpc) is 2.71. The van der Waals surface area contributed by atoms with Crippen molar-refractivity contribution >= 4 is 45.7 Å². The van der Waals surface area contributed by atoms with Crippen molar-refractivity contribution < 1.29 is 19.6 Å². The van der Waals surface area contributed by atoms with Crippen molar-refractivity contribution in [2.45, 2.75) is 6.42 Å². The van der Waals surface area contributed by atoms with Gasteiger partial charge in [-0.05, 0) is 45.2 Å². The number of carbonyl (C=O) groups excluding carboxylic acids is 2. The third-order valence-electron chi connectivity index (χ3n) is 4.89. The molecule has 0 spiro atoms. The zero-order chi connectivity index (χ0) is 19.7. The molecule has 4 aromatic rings. The molecule has 0 bridgehead atoms. The number of hydrogen-bond donors (Lipinski definition) is 2. The molecule has 4 rings (SSSR count). The molecule has 0 aliphatic rings. The van der Waals surface area contributed by atoms with Crippen LogP contribution < -0.4 is 5.46 Å². The summed E-state index contributed by atoms with van der Waals surface area (Å²) >= 11 is 0. The number of rotatable bonds is 5. The quantitative estimate of drug-likeness (QED) is 0.246. The molecule has 0 amide bonds. The first-order chi connectivity index (χ1) is 13.5. The van der Waals surface area contributed by atoms with Crippen molar-refractivity contribution in [2.24, 2.45) is 0 Å². The highest BCUT2D eigenvalue weighted by Crippen LogP contribution is 2.24. The molecular weight excluding hydrogens is 351 g/mol. The molecule has 0 heterocycles. The minimum absolute atomic E-state index is 0.191. The molecule has 0 fully saturated rings. The standard InChI is InChI=1S/C23H17BO4/c25-22(15-5-2-1-3-6-15)14-23(26)18-10-9-16-11-17-7-4-8-21(24(27)28)20(17)13-19(16)12-18/h1-13,27-28H,14H2. The molecule has 0 aliphatic heterocycles. The molecule has 0 unspecified atom stereocenters. The molecule has 136 valence electrons. The van der Waals surface area contributed by atoms with E-state index in [1.165, 1.54) is 0 Å². The molecule has 4 aromatic carbocycles. The van der Waals surface area contributed by atoms with E-state index < -0.39 is 7.12 Å². The van der Waals surface area contributed by atoms with Crippen LogP contribution in [-0.2, 0) is 0 Å². The van der Waals surface area contributed by atoms with Gasteiger partial charge in [0.05, 0.1) is 6.42 Å². The van der Waals surface area contributed by atoms with Crippen LogP contribution in [0.5, 0.6) is 0 Å². The van der Waals surface area contributed by atoms with Crippen LogP contribution in [0.1, 0.15) is 27.1 Å². The van der Waals surface area contributed by atoms with Crippen molar-refractivity contribution in [3.63, 3.8) is 0 Å². The highest BCUT2D eigenvalue weighted by Gasteiger charge is 2.16. The van der Waals surface area contributed by atoms with Gasteiger partial charge in [-0.15, -0.1) is 0 Å². The summed E-state index contributed by atoms with van der Waals surface area (Å²) in [6, 6.07) is 23.2. The molecule has 4 nitrogen and oxygen atoms in total. The van der Waals surface area contributed by atoms with Gasteiger partial charge in [-0.3, -0.25) is 9.59 Å². The molecule has 0 aliphatic carbocycles. The zero-order valence-corrected chi connectivity index (χ0v) is 15.0. The van der Waals surface area contributed by atoms with Gasteiger partial charge in [-0.25, -0.2) is 0 Å². The molecule has 28 heavy (non-hydrogen) atoms. The topological polar surface area (TPSA) is 74.6 Å². The summed E-state index contributed by atoms with van der Waals surface area (Å²) in [5, 5.41) is 22.6. The van der Waals surface area contributed by atoms with Crippen molar-refractivity contribution in [1.82, 2.24) is 0 Å². The Morgan fingerprint density at radius 3 is 2.18 bits per heavy atom. The van der Waals surface area contributed by atoms with Gasteiger partial charge in [-0.1, -0.05) is 60.7 Å². The number of fused-ring (bicyclic) bond motifs is 2. The van der Waals surface area contributed by atoms with E-state index in [2.05, 4.69) is 0 Å². The maximum Gasteiger partial charge on any atom is 0.489 e. The first-order valence-electron chi connectivity index (χ1n) is 8.97. The summed E-state index contributed by atoms with van der Waals surface area (Å²) in [5.74, 6) is -0.457. The molecular formula is C23H17BO4. The van der Waals surface area contributed by atoms with Gasteiger partial charge in [0.25, 0.3) is 0 Å². The Hall–Kier alpha value is -3.28. The van der Waals surface area contributed by atoms with E-state index >= 15 is 0 Å². The summed E-state index contributed by atoms with van der Waals surface area (Å²) in [7, 11) is -1.57. The van der Waals surface area contributed by atoms with E-state index in [1.54, 1.807) is 48.5 Å². The van der Waals surface area contributed by atoms with Gasteiger partial charge in [0.2, 0.25) is 0 Å². The zero-order valence-electron chi connectivity index (χ0n) is 15.0. The number of hydrogen-bond acceptors (Lipinski definition) is 4. The lowest BCUT2D eigenvalue weighted by molar-refractivity contribution is 0.0894. The molecule has 0 aromatic heterocycles. The fourth-order valence-corrected chi connectivity index (χ4v) is 3.42. The lowest BCUT2D eigenvalue weighted by Crippen LogP contribution is -2.30. The van der Waals surface area contributed by atoms with Crippen molar-refractivity contribution in [2.75, 3.05) is 0 Å². The predicted molar refractivity (Wildman–Crippen MR) is 111 cm³/mol. The van der Waals surface area contributed by atoms with Crippen molar-refractivity contribution in [3.8, 4) is 0 Å². The summed E-state index contributed by atoms with van der Waals surface area (Å²) in [5.41, 5.74) is 1.39. The average molecular weight is 368 g/mol. The second-order valence-corrected chi connectivity index (χ2v) is 6.75. The van der Waals surface area contributed by atoms with Gasteiger partial charge in [0, 0.05) is 11.1 Å². The van der Waals surface area contributed by atoms with Crippen LogP contribution >= 0.6 is 0 Å². The van der Waals surface area contributed by atoms with Crippen LogP contribution in [0.3, 0.4) is 0 Å². The van der Waals surface area contributed by atoms with Gasteiger partial charge < -0.3 is 10.0 Å². The second-order valence-electron chi connectivity index (χ2n) is 6.75. The van der Waals surface area contributed by atoms with Crippen LogP contribution in [0.2, 0.25) is 0 Å². The summed E-state index contributed by atoms with van der Waals surface area (Å²) in [6.45, 7) is 0. The fraction of sp³-hybridized carbons (Fsp3) is 0.0435. The van der Waals surface area contributed by atoms with Crippen LogP contribution in [0.4, 0.5) is 0 Å². The Bertz CT molecular complexity index is 1200. The van der Waals surface area contributed by atoms with Crippen LogP contribution in [0.15, 0.2) is 78.9 Å². The van der Waals surface area contributed by atoms with Crippen molar-refractivity contribution in [1.29, 1.82) is 0 Å². The number of benzene rings is 4. The summed E-state index contributed by atoms with van der Waals surface area (Å²) in [6.07, 6.45) is -0.191. The molecule has 0 saturated heterocycles. The largest absolute Gasteiger partial charge is 0.489 e. The lowest BCUT2D eigenvalue weighted by Gasteiger charge is -2.09. The van der Waals surface area contributed by atoms with Gasteiger partial charge in [0.1, 0.15) is 0 Å². The first kappa shape index (κ1) is 18.1. The predicted octanol–water partition coefficient (Wildman–Crippen LogP) is 3.13. The highest BCUT2D eigenvalue weighted by molar-refractivity contribution is 6.62. The van der Waals surface area contributed by atoms with Crippen molar-refractivity contribution in [3.05, 3.63) is 90.0 Å². The molecule has 0 atom stereocenters. The molecule has 5 heteroatoms. The molecule has 0 radical (unpaired) electrons. The monoisotopic (exact) mass is 368 g/mol. The Morgan fingerprint density at radius 1 is 0.679 bits per heavy atom. The maximum atomic E-state index is 12.6. The smallest absolute Gasteiger partial charge is 0.423 e. The minimum Gasteiger partial charge on any atom is -0.423 e. The Balaban J connectivity index is 1.70. The third kappa shape index (κ3) is 3.45. The normalized spacial score (nSPS) is 10.9. The molecule has 2 N–H and O–H groups in total. The number of carbonyl (C=O) groups is 2. The Kier molecular flexibility index (Phi) is 4.78. The van der Waals surface area contributed by atoms with Crippen LogP contribution in [-0.4, -0.2) is 28.7 Å². The van der Waals surface area contributed by atoms with E-state index in [9.17, 15) is 19.6 Å². The Morgan fingerprint density at radius 2 is 1.43 bits per heavy atom. The van der Waals surface area contributed by atoms with Crippen LogP contribution in [0.25, 0.3) is 21.5 Å². The summed E-state index contributed by atoms with van der Waals surface area (Å²) < 4.78 is 0. The number of Topliss-reactive ketones (excluding diaryl/α,β-unsaturated/α-hetero) is 2. The Labute approximate surface area is 162 Å². The van der Waals surface area contributed by atoms with E-state index in [1.807, 2.05) is 30.3 Å². The SMILES string of the molecule is O=C(CC(=O)c1ccc2cc3cccc(B(O)O)c3cc2c1)c1ccccc1. The maximum absolute atomic E-state index is 12.6. The van der Waals surface area contributed by atoms with Crippen LogP contribution in [0, 0.1) is 0 Å². The third-order valence-corrected chi connectivity index (χ3v) is 4.89.